The highest BCUT2D eigenvalue weighted by molar-refractivity contribution is 5.76. The van der Waals surface area contributed by atoms with E-state index in [1.807, 2.05) is 26.1 Å². The second kappa shape index (κ2) is 6.78. The van der Waals surface area contributed by atoms with Gasteiger partial charge in [0.1, 0.15) is 5.75 Å². The van der Waals surface area contributed by atoms with Crippen molar-refractivity contribution in [2.45, 2.75) is 19.9 Å². The normalized spacial score (nSPS) is 10.4. The van der Waals surface area contributed by atoms with Gasteiger partial charge in [-0.25, -0.2) is 0 Å². The molecule has 112 valence electrons. The first kappa shape index (κ1) is 14.9. The van der Waals surface area contributed by atoms with Crippen molar-refractivity contribution in [2.24, 2.45) is 7.05 Å². The Morgan fingerprint density at radius 3 is 2.86 bits per heavy atom. The van der Waals surface area contributed by atoms with Crippen molar-refractivity contribution < 1.29 is 9.53 Å². The van der Waals surface area contributed by atoms with Crippen molar-refractivity contribution in [1.82, 2.24) is 15.1 Å². The summed E-state index contributed by atoms with van der Waals surface area (Å²) in [6.07, 6.45) is 2.05. The highest BCUT2D eigenvalue weighted by Crippen LogP contribution is 2.19. The van der Waals surface area contributed by atoms with Crippen molar-refractivity contribution in [3.05, 3.63) is 41.7 Å². The van der Waals surface area contributed by atoms with E-state index in [4.69, 9.17) is 10.5 Å². The molecule has 6 nitrogen and oxygen atoms in total. The van der Waals surface area contributed by atoms with Crippen LogP contribution in [0.1, 0.15) is 17.7 Å². The smallest absolute Gasteiger partial charge is 0.223 e. The number of hydrogen-bond donors (Lipinski definition) is 2. The summed E-state index contributed by atoms with van der Waals surface area (Å²) in [6, 6.07) is 7.23. The minimum atomic E-state index is -0.0623. The number of amides is 1. The molecule has 1 aromatic heterocycles. The Kier molecular flexibility index (Phi) is 4.81. The van der Waals surface area contributed by atoms with Crippen LogP contribution in [0.4, 0.5) is 5.69 Å². The molecule has 0 unspecified atom stereocenters. The van der Waals surface area contributed by atoms with Crippen LogP contribution in [0.5, 0.6) is 5.75 Å². The fourth-order valence-corrected chi connectivity index (χ4v) is 1.87. The van der Waals surface area contributed by atoms with Crippen molar-refractivity contribution in [3.8, 4) is 5.75 Å². The third-order valence-corrected chi connectivity index (χ3v) is 3.32. The van der Waals surface area contributed by atoms with Gasteiger partial charge in [0.15, 0.2) is 0 Å². The first-order valence-corrected chi connectivity index (χ1v) is 6.79. The van der Waals surface area contributed by atoms with Gasteiger partial charge in [-0.05, 0) is 19.1 Å². The van der Waals surface area contributed by atoms with E-state index in [2.05, 4.69) is 10.4 Å². The number of benzene rings is 1. The average Bonchev–Trinajstić information content (AvgIpc) is 2.79. The third-order valence-electron chi connectivity index (χ3n) is 3.32. The fraction of sp³-hybridized carbons (Fsp3) is 0.333. The van der Waals surface area contributed by atoms with E-state index in [0.717, 1.165) is 11.3 Å². The van der Waals surface area contributed by atoms with Crippen molar-refractivity contribution >= 4 is 11.6 Å². The predicted octanol–water partition coefficient (Wildman–Crippen LogP) is 1.40. The van der Waals surface area contributed by atoms with E-state index < -0.39 is 0 Å². The largest absolute Gasteiger partial charge is 0.491 e. The highest BCUT2D eigenvalue weighted by Gasteiger charge is 2.07. The van der Waals surface area contributed by atoms with Crippen LogP contribution in [-0.2, 0) is 18.4 Å². The SMILES string of the molecule is Cc1c(CNC(=O)CCOc2ccccc2N)cnn1C. The van der Waals surface area contributed by atoms with Gasteiger partial charge in [0.25, 0.3) is 0 Å². The number of aromatic nitrogens is 2. The van der Waals surface area contributed by atoms with Crippen molar-refractivity contribution in [1.29, 1.82) is 0 Å². The van der Waals surface area contributed by atoms with E-state index in [9.17, 15) is 4.79 Å². The van der Waals surface area contributed by atoms with E-state index in [1.165, 1.54) is 0 Å². The molecule has 6 heteroatoms. The van der Waals surface area contributed by atoms with Crippen molar-refractivity contribution in [2.75, 3.05) is 12.3 Å². The Morgan fingerprint density at radius 1 is 1.43 bits per heavy atom. The molecule has 0 aliphatic carbocycles. The van der Waals surface area contributed by atoms with Gasteiger partial charge in [0.05, 0.1) is 24.9 Å². The summed E-state index contributed by atoms with van der Waals surface area (Å²) in [5.41, 5.74) is 8.39. The first-order valence-electron chi connectivity index (χ1n) is 6.79. The molecular weight excluding hydrogens is 268 g/mol. The molecule has 3 N–H and O–H groups in total. The average molecular weight is 288 g/mol. The van der Waals surface area contributed by atoms with E-state index in [1.54, 1.807) is 23.0 Å². The van der Waals surface area contributed by atoms with E-state index in [-0.39, 0.29) is 12.3 Å². The molecule has 0 spiro atoms. The van der Waals surface area contributed by atoms with Crippen LogP contribution in [0.25, 0.3) is 0 Å². The predicted molar refractivity (Wildman–Crippen MR) is 80.8 cm³/mol. The third kappa shape index (κ3) is 3.98. The molecule has 0 saturated carbocycles. The van der Waals surface area contributed by atoms with E-state index in [0.29, 0.717) is 24.6 Å². The Hall–Kier alpha value is -2.50. The Labute approximate surface area is 123 Å². The summed E-state index contributed by atoms with van der Waals surface area (Å²) in [4.78, 5) is 11.8. The zero-order valence-corrected chi connectivity index (χ0v) is 12.3. The molecule has 0 aliphatic heterocycles. The number of carbonyl (C=O) groups is 1. The van der Waals surface area contributed by atoms with Crippen LogP contribution < -0.4 is 15.8 Å². The van der Waals surface area contributed by atoms with Gasteiger partial charge in [-0.2, -0.15) is 5.10 Å². The number of hydrogen-bond acceptors (Lipinski definition) is 4. The lowest BCUT2D eigenvalue weighted by atomic mass is 10.2. The standard InChI is InChI=1S/C15H20N4O2/c1-11-12(10-18-19(11)2)9-17-15(20)7-8-21-14-6-4-3-5-13(14)16/h3-6,10H,7-9,16H2,1-2H3,(H,17,20). The summed E-state index contributed by atoms with van der Waals surface area (Å²) in [5, 5.41) is 6.98. The minimum Gasteiger partial charge on any atom is -0.491 e. The number of para-hydroxylation sites is 2. The monoisotopic (exact) mass is 288 g/mol. The molecular formula is C15H20N4O2. The van der Waals surface area contributed by atoms with Crippen LogP contribution in [0, 0.1) is 6.92 Å². The van der Waals surface area contributed by atoms with Crippen LogP contribution in [0.3, 0.4) is 0 Å². The number of nitrogens with two attached hydrogens (primary N) is 1. The van der Waals surface area contributed by atoms with Gasteiger partial charge < -0.3 is 15.8 Å². The molecule has 2 rings (SSSR count). The number of anilines is 1. The quantitative estimate of drug-likeness (QED) is 0.787. The summed E-state index contributed by atoms with van der Waals surface area (Å²) in [6.45, 7) is 2.74. The lowest BCUT2D eigenvalue weighted by Crippen LogP contribution is -2.24. The number of rotatable bonds is 6. The second-order valence-corrected chi connectivity index (χ2v) is 4.79. The van der Waals surface area contributed by atoms with Gasteiger partial charge >= 0.3 is 0 Å². The first-order chi connectivity index (χ1) is 10.1. The molecule has 2 aromatic rings. The van der Waals surface area contributed by atoms with Crippen LogP contribution in [0.15, 0.2) is 30.5 Å². The molecule has 1 heterocycles. The van der Waals surface area contributed by atoms with Crippen LogP contribution in [-0.4, -0.2) is 22.3 Å². The molecule has 0 aliphatic rings. The number of nitrogens with one attached hydrogen (secondary N) is 1. The maximum Gasteiger partial charge on any atom is 0.223 e. The summed E-state index contributed by atoms with van der Waals surface area (Å²) >= 11 is 0. The lowest BCUT2D eigenvalue weighted by Gasteiger charge is -2.09. The van der Waals surface area contributed by atoms with Gasteiger partial charge in [-0.15, -0.1) is 0 Å². The number of aryl methyl sites for hydroxylation is 1. The van der Waals surface area contributed by atoms with Crippen LogP contribution >= 0.6 is 0 Å². The molecule has 0 radical (unpaired) electrons. The maximum absolute atomic E-state index is 11.8. The lowest BCUT2D eigenvalue weighted by molar-refractivity contribution is -0.121. The fourth-order valence-electron chi connectivity index (χ4n) is 1.87. The summed E-state index contributed by atoms with van der Waals surface area (Å²) in [7, 11) is 1.87. The summed E-state index contributed by atoms with van der Waals surface area (Å²) in [5.74, 6) is 0.543. The molecule has 0 fully saturated rings. The van der Waals surface area contributed by atoms with Gasteiger partial charge in [-0.1, -0.05) is 12.1 Å². The zero-order valence-electron chi connectivity index (χ0n) is 12.3. The second-order valence-electron chi connectivity index (χ2n) is 4.79. The molecule has 1 amide bonds. The number of nitrogen functional groups attached to an aromatic ring is 1. The number of carbonyl (C=O) groups excluding carboxylic acids is 1. The molecule has 0 saturated heterocycles. The van der Waals surface area contributed by atoms with Gasteiger partial charge in [0.2, 0.25) is 5.91 Å². The number of ether oxygens (including phenoxy) is 1. The Morgan fingerprint density at radius 2 is 2.19 bits per heavy atom. The molecule has 1 aromatic carbocycles. The van der Waals surface area contributed by atoms with Crippen LogP contribution in [0.2, 0.25) is 0 Å². The number of nitrogens with zero attached hydrogens (tertiary/aromatic N) is 2. The zero-order chi connectivity index (χ0) is 15.2. The Balaban J connectivity index is 1.73. The van der Waals surface area contributed by atoms with E-state index >= 15 is 0 Å². The van der Waals surface area contributed by atoms with Gasteiger partial charge in [0, 0.05) is 24.8 Å². The topological polar surface area (TPSA) is 82.2 Å². The van der Waals surface area contributed by atoms with Crippen molar-refractivity contribution in [3.63, 3.8) is 0 Å². The van der Waals surface area contributed by atoms with Gasteiger partial charge in [-0.3, -0.25) is 9.48 Å². The maximum atomic E-state index is 11.8. The minimum absolute atomic E-state index is 0.0623. The molecule has 0 atom stereocenters. The molecule has 21 heavy (non-hydrogen) atoms. The highest BCUT2D eigenvalue weighted by atomic mass is 16.5. The summed E-state index contributed by atoms with van der Waals surface area (Å²) < 4.78 is 7.27. The Bertz CT molecular complexity index is 622. The molecule has 0 bridgehead atoms.